The van der Waals surface area contributed by atoms with Crippen molar-refractivity contribution in [3.8, 4) is 0 Å². The van der Waals surface area contributed by atoms with Gasteiger partial charge in [-0.1, -0.05) is 0 Å². The molecule has 0 bridgehead atoms. The highest BCUT2D eigenvalue weighted by Crippen LogP contribution is 2.36. The number of amides is 1. The number of pyridine rings is 1. The van der Waals surface area contributed by atoms with E-state index in [0.29, 0.717) is 13.1 Å². The summed E-state index contributed by atoms with van der Waals surface area (Å²) in [6, 6.07) is 1.85. The lowest BCUT2D eigenvalue weighted by Gasteiger charge is -2.47. The second kappa shape index (κ2) is 5.67. The molecule has 23 heavy (non-hydrogen) atoms. The van der Waals surface area contributed by atoms with Crippen molar-refractivity contribution in [3.05, 3.63) is 34.2 Å². The van der Waals surface area contributed by atoms with Crippen LogP contribution in [0, 0.1) is 0 Å². The van der Waals surface area contributed by atoms with Crippen LogP contribution in [0.25, 0.3) is 0 Å². The fourth-order valence-corrected chi connectivity index (χ4v) is 3.07. The van der Waals surface area contributed by atoms with Crippen LogP contribution in [-0.4, -0.2) is 40.7 Å². The zero-order valence-electron chi connectivity index (χ0n) is 12.4. The zero-order chi connectivity index (χ0) is 16.7. The fourth-order valence-electron chi connectivity index (χ4n) is 3.07. The maximum atomic E-state index is 12.7. The van der Waals surface area contributed by atoms with E-state index in [1.54, 1.807) is 4.90 Å². The van der Waals surface area contributed by atoms with E-state index >= 15 is 0 Å². The standard InChI is InChI=1S/C15H17F3N2O3/c16-15(17,18)11-2-1-6-20(13(11)22)10-12(21)19-7-3-14(4-8-19)5-9-23-14/h1-2,6H,3-5,7-10H2. The van der Waals surface area contributed by atoms with Crippen molar-refractivity contribution >= 4 is 5.91 Å². The number of nitrogens with zero attached hydrogens (tertiary/aromatic N) is 2. The van der Waals surface area contributed by atoms with Crippen molar-refractivity contribution in [3.63, 3.8) is 0 Å². The maximum Gasteiger partial charge on any atom is 0.421 e. The zero-order valence-corrected chi connectivity index (χ0v) is 12.4. The van der Waals surface area contributed by atoms with E-state index in [1.165, 1.54) is 6.20 Å². The molecule has 3 heterocycles. The number of ether oxygens (including phenoxy) is 1. The van der Waals surface area contributed by atoms with Crippen LogP contribution in [0.15, 0.2) is 23.1 Å². The van der Waals surface area contributed by atoms with Gasteiger partial charge in [-0.3, -0.25) is 9.59 Å². The first-order chi connectivity index (χ1) is 10.8. The molecule has 0 unspecified atom stereocenters. The number of hydrogen-bond acceptors (Lipinski definition) is 3. The van der Waals surface area contributed by atoms with Crippen molar-refractivity contribution in [2.24, 2.45) is 0 Å². The first-order valence-corrected chi connectivity index (χ1v) is 7.49. The second-order valence-corrected chi connectivity index (χ2v) is 6.01. The Hall–Kier alpha value is -1.83. The Morgan fingerprint density at radius 1 is 1.26 bits per heavy atom. The molecule has 1 spiro atoms. The summed E-state index contributed by atoms with van der Waals surface area (Å²) in [5, 5.41) is 0. The molecule has 1 amide bonds. The molecule has 2 saturated heterocycles. The summed E-state index contributed by atoms with van der Waals surface area (Å²) in [7, 11) is 0. The molecular weight excluding hydrogens is 313 g/mol. The van der Waals surface area contributed by atoms with Gasteiger partial charge < -0.3 is 14.2 Å². The molecule has 0 N–H and O–H groups in total. The summed E-state index contributed by atoms with van der Waals surface area (Å²) in [5.41, 5.74) is -2.55. The summed E-state index contributed by atoms with van der Waals surface area (Å²) in [6.45, 7) is 1.38. The molecule has 2 fully saturated rings. The molecule has 0 aromatic carbocycles. The molecule has 8 heteroatoms. The highest BCUT2D eigenvalue weighted by atomic mass is 19.4. The summed E-state index contributed by atoms with van der Waals surface area (Å²) < 4.78 is 44.6. The average molecular weight is 330 g/mol. The SMILES string of the molecule is O=C(Cn1cccc(C(F)(F)F)c1=O)N1CCC2(CCO2)CC1. The van der Waals surface area contributed by atoms with Gasteiger partial charge in [0.05, 0.1) is 12.2 Å². The minimum Gasteiger partial charge on any atom is -0.375 e. The quantitative estimate of drug-likeness (QED) is 0.828. The van der Waals surface area contributed by atoms with E-state index in [4.69, 9.17) is 4.74 Å². The molecule has 1 aromatic rings. The van der Waals surface area contributed by atoms with Crippen LogP contribution in [-0.2, 0) is 22.3 Å². The number of carbonyl (C=O) groups is 1. The number of alkyl halides is 3. The van der Waals surface area contributed by atoms with Crippen LogP contribution in [0.2, 0.25) is 0 Å². The lowest BCUT2D eigenvalue weighted by atomic mass is 9.84. The van der Waals surface area contributed by atoms with Gasteiger partial charge in [0, 0.05) is 19.3 Å². The Labute approximate surface area is 130 Å². The Morgan fingerprint density at radius 3 is 2.43 bits per heavy atom. The van der Waals surface area contributed by atoms with Gasteiger partial charge >= 0.3 is 6.18 Å². The molecule has 5 nitrogen and oxygen atoms in total. The van der Waals surface area contributed by atoms with Gasteiger partial charge in [-0.05, 0) is 31.4 Å². The summed E-state index contributed by atoms with van der Waals surface area (Å²) in [5.74, 6) is -0.347. The monoisotopic (exact) mass is 330 g/mol. The Kier molecular flexibility index (Phi) is 3.95. The number of piperidine rings is 1. The molecule has 0 radical (unpaired) electrons. The summed E-state index contributed by atoms with van der Waals surface area (Å²) in [6.07, 6.45) is -1.06. The molecule has 0 aliphatic carbocycles. The third kappa shape index (κ3) is 3.12. The van der Waals surface area contributed by atoms with Crippen molar-refractivity contribution in [1.29, 1.82) is 0 Å². The van der Waals surface area contributed by atoms with E-state index in [1.807, 2.05) is 0 Å². The number of halogens is 3. The summed E-state index contributed by atoms with van der Waals surface area (Å²) >= 11 is 0. The van der Waals surface area contributed by atoms with E-state index in [2.05, 4.69) is 0 Å². The van der Waals surface area contributed by atoms with Crippen molar-refractivity contribution in [2.45, 2.75) is 37.6 Å². The van der Waals surface area contributed by atoms with Gasteiger partial charge in [-0.25, -0.2) is 0 Å². The largest absolute Gasteiger partial charge is 0.421 e. The molecule has 2 aliphatic heterocycles. The number of likely N-dealkylation sites (tertiary alicyclic amines) is 1. The average Bonchev–Trinajstić information content (AvgIpc) is 2.46. The lowest BCUT2D eigenvalue weighted by molar-refractivity contribution is -0.176. The van der Waals surface area contributed by atoms with Crippen LogP contribution in [0.3, 0.4) is 0 Å². The van der Waals surface area contributed by atoms with E-state index in [0.717, 1.165) is 42.6 Å². The van der Waals surface area contributed by atoms with Gasteiger partial charge in [-0.2, -0.15) is 13.2 Å². The maximum absolute atomic E-state index is 12.7. The van der Waals surface area contributed by atoms with Gasteiger partial charge in [0.25, 0.3) is 5.56 Å². The number of carbonyl (C=O) groups excluding carboxylic acids is 1. The Balaban J connectivity index is 1.68. The predicted octanol–water partition coefficient (Wildman–Crippen LogP) is 1.65. The topological polar surface area (TPSA) is 51.5 Å². The first-order valence-electron chi connectivity index (χ1n) is 7.49. The minimum absolute atomic E-state index is 0.107. The van der Waals surface area contributed by atoms with Crippen molar-refractivity contribution < 1.29 is 22.7 Å². The van der Waals surface area contributed by atoms with Gasteiger partial charge in [-0.15, -0.1) is 0 Å². The normalized spacial score (nSPS) is 20.4. The smallest absolute Gasteiger partial charge is 0.375 e. The van der Waals surface area contributed by atoms with Crippen LogP contribution < -0.4 is 5.56 Å². The molecule has 126 valence electrons. The fraction of sp³-hybridized carbons (Fsp3) is 0.600. The molecule has 1 aromatic heterocycles. The van der Waals surface area contributed by atoms with Crippen LogP contribution in [0.4, 0.5) is 13.2 Å². The lowest BCUT2D eigenvalue weighted by Crippen LogP contribution is -2.54. The summed E-state index contributed by atoms with van der Waals surface area (Å²) in [4.78, 5) is 25.7. The number of hydrogen-bond donors (Lipinski definition) is 0. The van der Waals surface area contributed by atoms with Crippen LogP contribution in [0.1, 0.15) is 24.8 Å². The second-order valence-electron chi connectivity index (χ2n) is 6.01. The molecule has 0 atom stereocenters. The van der Waals surface area contributed by atoms with Crippen LogP contribution in [0.5, 0.6) is 0 Å². The highest BCUT2D eigenvalue weighted by molar-refractivity contribution is 5.76. The van der Waals surface area contributed by atoms with Crippen molar-refractivity contribution in [2.75, 3.05) is 19.7 Å². The Morgan fingerprint density at radius 2 is 1.91 bits per heavy atom. The third-order valence-corrected chi connectivity index (χ3v) is 4.62. The number of aromatic nitrogens is 1. The molecule has 0 saturated carbocycles. The Bertz CT molecular complexity index is 655. The van der Waals surface area contributed by atoms with Gasteiger partial charge in [0.1, 0.15) is 12.1 Å². The van der Waals surface area contributed by atoms with E-state index < -0.39 is 17.3 Å². The minimum atomic E-state index is -4.72. The van der Waals surface area contributed by atoms with E-state index in [-0.39, 0.29) is 18.1 Å². The van der Waals surface area contributed by atoms with Gasteiger partial charge in [0.2, 0.25) is 5.91 Å². The molecular formula is C15H17F3N2O3. The van der Waals surface area contributed by atoms with Gasteiger partial charge in [0.15, 0.2) is 0 Å². The predicted molar refractivity (Wildman–Crippen MR) is 74.8 cm³/mol. The van der Waals surface area contributed by atoms with Crippen molar-refractivity contribution in [1.82, 2.24) is 9.47 Å². The third-order valence-electron chi connectivity index (χ3n) is 4.62. The van der Waals surface area contributed by atoms with Crippen LogP contribution >= 0.6 is 0 Å². The van der Waals surface area contributed by atoms with E-state index in [9.17, 15) is 22.8 Å². The molecule has 3 rings (SSSR count). The molecule has 2 aliphatic rings. The highest BCUT2D eigenvalue weighted by Gasteiger charge is 2.42. The number of rotatable bonds is 2. The first kappa shape index (κ1) is 16.0.